The van der Waals surface area contributed by atoms with Gasteiger partial charge in [-0.05, 0) is 53.8 Å². The van der Waals surface area contributed by atoms with E-state index in [9.17, 15) is 9.18 Å². The molecule has 1 atom stereocenters. The number of rotatable bonds is 7. The van der Waals surface area contributed by atoms with Gasteiger partial charge in [-0.25, -0.2) is 4.39 Å². The Hall–Kier alpha value is -2.69. The lowest BCUT2D eigenvalue weighted by molar-refractivity contribution is -0.120. The number of carbonyl (C=O) groups is 1. The second kappa shape index (κ2) is 10.7. The normalized spacial score (nSPS) is 11.4. The summed E-state index contributed by atoms with van der Waals surface area (Å²) in [4.78, 5) is 14.9. The van der Waals surface area contributed by atoms with Gasteiger partial charge in [0.2, 0.25) is 5.91 Å². The molecule has 0 radical (unpaired) electrons. The smallest absolute Gasteiger partial charge is 0.248 e. The number of nitrogens with zero attached hydrogens (tertiary/aromatic N) is 1. The number of benzene rings is 3. The van der Waals surface area contributed by atoms with Crippen LogP contribution in [0.15, 0.2) is 78.9 Å². The molecule has 0 heterocycles. The van der Waals surface area contributed by atoms with Gasteiger partial charge in [-0.1, -0.05) is 61.5 Å². The van der Waals surface area contributed by atoms with Crippen LogP contribution in [0.25, 0.3) is 0 Å². The third kappa shape index (κ3) is 5.89. The first kappa shape index (κ1) is 22.6. The Balaban J connectivity index is 0.00000300. The fraction of sp³-hybridized carbons (Fsp3) is 0.208. The zero-order chi connectivity index (χ0) is 19.9. The monoisotopic (exact) mass is 412 g/mol. The SMILES string of the molecule is CCc1ccc(N(CCc2ccc(F)cc2)C(=O)[C@@H](N)c2ccccc2)cc1.Cl. The predicted octanol–water partition coefficient (Wildman–Crippen LogP) is 5.09. The first-order chi connectivity index (χ1) is 13.6. The van der Waals surface area contributed by atoms with E-state index in [1.54, 1.807) is 17.0 Å². The molecular formula is C24H26ClFN2O. The molecule has 0 spiro atoms. The largest absolute Gasteiger partial charge is 0.316 e. The van der Waals surface area contributed by atoms with Crippen LogP contribution < -0.4 is 10.6 Å². The number of nitrogens with two attached hydrogens (primary N) is 1. The van der Waals surface area contributed by atoms with Gasteiger partial charge in [-0.3, -0.25) is 4.79 Å². The summed E-state index contributed by atoms with van der Waals surface area (Å²) in [7, 11) is 0. The van der Waals surface area contributed by atoms with Crippen LogP contribution in [0.5, 0.6) is 0 Å². The molecule has 1 amide bonds. The Labute approximate surface area is 177 Å². The van der Waals surface area contributed by atoms with Crippen LogP contribution in [-0.4, -0.2) is 12.5 Å². The molecule has 2 N–H and O–H groups in total. The van der Waals surface area contributed by atoms with E-state index < -0.39 is 6.04 Å². The number of halogens is 2. The maximum absolute atomic E-state index is 13.2. The number of hydrogen-bond donors (Lipinski definition) is 1. The summed E-state index contributed by atoms with van der Waals surface area (Å²) in [6.45, 7) is 2.56. The second-order valence-corrected chi connectivity index (χ2v) is 6.77. The molecule has 3 nitrogen and oxygen atoms in total. The lowest BCUT2D eigenvalue weighted by atomic mass is 10.0. The topological polar surface area (TPSA) is 46.3 Å². The quantitative estimate of drug-likeness (QED) is 0.587. The van der Waals surface area contributed by atoms with E-state index in [0.29, 0.717) is 13.0 Å². The zero-order valence-corrected chi connectivity index (χ0v) is 17.2. The van der Waals surface area contributed by atoms with E-state index in [-0.39, 0.29) is 24.1 Å². The fourth-order valence-electron chi connectivity index (χ4n) is 3.14. The van der Waals surface area contributed by atoms with Gasteiger partial charge in [0.25, 0.3) is 0 Å². The van der Waals surface area contributed by atoms with Crippen molar-refractivity contribution in [3.63, 3.8) is 0 Å². The first-order valence-electron chi connectivity index (χ1n) is 9.53. The summed E-state index contributed by atoms with van der Waals surface area (Å²) in [6, 6.07) is 23.0. The van der Waals surface area contributed by atoms with Crippen LogP contribution in [0.3, 0.4) is 0 Å². The summed E-state index contributed by atoms with van der Waals surface area (Å²) < 4.78 is 13.2. The Morgan fingerprint density at radius 3 is 2.10 bits per heavy atom. The van der Waals surface area contributed by atoms with Gasteiger partial charge in [-0.15, -0.1) is 12.4 Å². The van der Waals surface area contributed by atoms with Crippen LogP contribution in [0.4, 0.5) is 10.1 Å². The predicted molar refractivity (Wildman–Crippen MR) is 119 cm³/mol. The molecule has 0 saturated carbocycles. The van der Waals surface area contributed by atoms with E-state index in [4.69, 9.17) is 5.73 Å². The van der Waals surface area contributed by atoms with Crippen molar-refractivity contribution >= 4 is 24.0 Å². The molecule has 29 heavy (non-hydrogen) atoms. The minimum atomic E-state index is -0.736. The molecule has 0 saturated heterocycles. The van der Waals surface area contributed by atoms with Gasteiger partial charge in [0.15, 0.2) is 0 Å². The molecular weight excluding hydrogens is 387 g/mol. The molecule has 0 aromatic heterocycles. The maximum Gasteiger partial charge on any atom is 0.248 e. The third-order valence-corrected chi connectivity index (χ3v) is 4.88. The van der Waals surface area contributed by atoms with Crippen molar-refractivity contribution < 1.29 is 9.18 Å². The van der Waals surface area contributed by atoms with Gasteiger partial charge in [0.1, 0.15) is 11.9 Å². The van der Waals surface area contributed by atoms with E-state index in [1.165, 1.54) is 17.7 Å². The van der Waals surface area contributed by atoms with E-state index in [0.717, 1.165) is 23.2 Å². The average molecular weight is 413 g/mol. The number of hydrogen-bond acceptors (Lipinski definition) is 2. The van der Waals surface area contributed by atoms with E-state index >= 15 is 0 Å². The molecule has 0 aliphatic rings. The zero-order valence-electron chi connectivity index (χ0n) is 16.4. The van der Waals surface area contributed by atoms with Gasteiger partial charge < -0.3 is 10.6 Å². The van der Waals surface area contributed by atoms with Crippen molar-refractivity contribution in [2.24, 2.45) is 5.73 Å². The number of carbonyl (C=O) groups excluding carboxylic acids is 1. The van der Waals surface area contributed by atoms with Gasteiger partial charge in [0, 0.05) is 12.2 Å². The Bertz CT molecular complexity index is 898. The molecule has 0 bridgehead atoms. The lowest BCUT2D eigenvalue weighted by Gasteiger charge is -2.26. The average Bonchev–Trinajstić information content (AvgIpc) is 2.75. The molecule has 152 valence electrons. The summed E-state index contributed by atoms with van der Waals surface area (Å²) in [6.07, 6.45) is 1.55. The molecule has 0 aliphatic heterocycles. The van der Waals surface area contributed by atoms with Crippen LogP contribution in [-0.2, 0) is 17.6 Å². The van der Waals surface area contributed by atoms with Gasteiger partial charge in [-0.2, -0.15) is 0 Å². The summed E-state index contributed by atoms with van der Waals surface area (Å²) in [5.74, 6) is -0.421. The van der Waals surface area contributed by atoms with Gasteiger partial charge in [0.05, 0.1) is 0 Å². The Morgan fingerprint density at radius 1 is 0.931 bits per heavy atom. The molecule has 3 aromatic rings. The fourth-order valence-corrected chi connectivity index (χ4v) is 3.14. The maximum atomic E-state index is 13.2. The Kier molecular flexibility index (Phi) is 8.37. The highest BCUT2D eigenvalue weighted by Gasteiger charge is 2.23. The minimum Gasteiger partial charge on any atom is -0.316 e. The molecule has 5 heteroatoms. The number of anilines is 1. The second-order valence-electron chi connectivity index (χ2n) is 6.77. The minimum absolute atomic E-state index is 0. The lowest BCUT2D eigenvalue weighted by Crippen LogP contribution is -2.40. The van der Waals surface area contributed by atoms with E-state index in [1.807, 2.05) is 54.6 Å². The molecule has 0 aliphatic carbocycles. The van der Waals surface area contributed by atoms with Crippen LogP contribution in [0.1, 0.15) is 29.7 Å². The van der Waals surface area contributed by atoms with Crippen molar-refractivity contribution in [3.05, 3.63) is 101 Å². The van der Waals surface area contributed by atoms with Crippen molar-refractivity contribution in [3.8, 4) is 0 Å². The van der Waals surface area contributed by atoms with E-state index in [2.05, 4.69) is 6.92 Å². The van der Waals surface area contributed by atoms with Crippen LogP contribution in [0, 0.1) is 5.82 Å². The van der Waals surface area contributed by atoms with Crippen molar-refractivity contribution in [1.29, 1.82) is 0 Å². The Morgan fingerprint density at radius 2 is 1.52 bits per heavy atom. The third-order valence-electron chi connectivity index (χ3n) is 4.88. The molecule has 0 unspecified atom stereocenters. The highest BCUT2D eigenvalue weighted by atomic mass is 35.5. The van der Waals surface area contributed by atoms with Crippen molar-refractivity contribution in [2.75, 3.05) is 11.4 Å². The summed E-state index contributed by atoms with van der Waals surface area (Å²) in [5, 5.41) is 0. The molecule has 3 rings (SSSR count). The number of aryl methyl sites for hydroxylation is 1. The molecule has 3 aromatic carbocycles. The first-order valence-corrected chi connectivity index (χ1v) is 9.53. The number of amides is 1. The summed E-state index contributed by atoms with van der Waals surface area (Å²) >= 11 is 0. The van der Waals surface area contributed by atoms with Crippen LogP contribution in [0.2, 0.25) is 0 Å². The van der Waals surface area contributed by atoms with Crippen LogP contribution >= 0.6 is 12.4 Å². The van der Waals surface area contributed by atoms with Gasteiger partial charge >= 0.3 is 0 Å². The summed E-state index contributed by atoms with van der Waals surface area (Å²) in [5.41, 5.74) is 10.1. The highest BCUT2D eigenvalue weighted by Crippen LogP contribution is 2.21. The molecule has 0 fully saturated rings. The van der Waals surface area contributed by atoms with Crippen molar-refractivity contribution in [2.45, 2.75) is 25.8 Å². The standard InChI is InChI=1S/C24H25FN2O.ClH/c1-2-18-10-14-22(15-11-18)27(17-16-19-8-12-21(25)13-9-19)24(28)23(26)20-6-4-3-5-7-20;/h3-15,23H,2,16-17,26H2,1H3;1H/t23-;/m0./s1. The van der Waals surface area contributed by atoms with Crippen molar-refractivity contribution in [1.82, 2.24) is 0 Å². The highest BCUT2D eigenvalue weighted by molar-refractivity contribution is 5.97.